The van der Waals surface area contributed by atoms with E-state index in [1.807, 2.05) is 0 Å². The topological polar surface area (TPSA) is 61.8 Å². The Kier molecular flexibility index (Phi) is 3.50. The number of rotatable bonds is 3. The van der Waals surface area contributed by atoms with Gasteiger partial charge in [0.15, 0.2) is 11.5 Å². The van der Waals surface area contributed by atoms with Crippen LogP contribution in [-0.4, -0.2) is 31.6 Å². The van der Waals surface area contributed by atoms with Gasteiger partial charge in [0, 0.05) is 6.42 Å². The van der Waals surface area contributed by atoms with Crippen LogP contribution < -0.4 is 9.47 Å². The van der Waals surface area contributed by atoms with Gasteiger partial charge >= 0.3 is 5.97 Å². The molecule has 0 saturated carbocycles. The first-order valence-electron chi connectivity index (χ1n) is 5.60. The normalized spacial score (nSPS) is 17.1. The standard InChI is InChI=1S/C13H14O5/c1-8(14)5-9-3-4-10-11(6-9)17-7-12(18-10)13(15)16-2/h3-4,6,12H,5,7H2,1-2H3/t12-/m0/s1. The molecule has 5 nitrogen and oxygen atoms in total. The summed E-state index contributed by atoms with van der Waals surface area (Å²) in [5.41, 5.74) is 0.862. The van der Waals surface area contributed by atoms with Crippen LogP contribution in [0.5, 0.6) is 11.5 Å². The molecular weight excluding hydrogens is 236 g/mol. The molecule has 0 unspecified atom stereocenters. The summed E-state index contributed by atoms with van der Waals surface area (Å²) in [4.78, 5) is 22.3. The molecule has 2 rings (SSSR count). The van der Waals surface area contributed by atoms with E-state index in [1.165, 1.54) is 14.0 Å². The summed E-state index contributed by atoms with van der Waals surface area (Å²) in [5, 5.41) is 0. The van der Waals surface area contributed by atoms with Gasteiger partial charge in [-0.1, -0.05) is 6.07 Å². The highest BCUT2D eigenvalue weighted by Crippen LogP contribution is 2.32. The van der Waals surface area contributed by atoms with Crippen molar-refractivity contribution in [3.05, 3.63) is 23.8 Å². The van der Waals surface area contributed by atoms with Gasteiger partial charge in [0.1, 0.15) is 12.4 Å². The highest BCUT2D eigenvalue weighted by atomic mass is 16.6. The van der Waals surface area contributed by atoms with Crippen LogP contribution in [0.3, 0.4) is 0 Å². The molecule has 0 radical (unpaired) electrons. The summed E-state index contributed by atoms with van der Waals surface area (Å²) in [5.74, 6) is 0.658. The first-order chi connectivity index (χ1) is 8.60. The van der Waals surface area contributed by atoms with Crippen LogP contribution >= 0.6 is 0 Å². The number of ketones is 1. The first-order valence-corrected chi connectivity index (χ1v) is 5.60. The quantitative estimate of drug-likeness (QED) is 0.752. The minimum absolute atomic E-state index is 0.0825. The highest BCUT2D eigenvalue weighted by molar-refractivity contribution is 5.78. The Morgan fingerprint density at radius 3 is 2.83 bits per heavy atom. The van der Waals surface area contributed by atoms with Gasteiger partial charge in [-0.3, -0.25) is 4.79 Å². The van der Waals surface area contributed by atoms with E-state index in [-0.39, 0.29) is 12.4 Å². The molecule has 1 aliphatic heterocycles. The highest BCUT2D eigenvalue weighted by Gasteiger charge is 2.28. The summed E-state index contributed by atoms with van der Waals surface area (Å²) in [6.45, 7) is 1.65. The molecule has 96 valence electrons. The van der Waals surface area contributed by atoms with Crippen molar-refractivity contribution in [2.45, 2.75) is 19.4 Å². The zero-order valence-corrected chi connectivity index (χ0v) is 10.3. The Morgan fingerprint density at radius 1 is 1.39 bits per heavy atom. The molecule has 0 fully saturated rings. The maximum atomic E-state index is 11.3. The number of methoxy groups -OCH3 is 1. The SMILES string of the molecule is COC(=O)[C@@H]1COc2cc(CC(C)=O)ccc2O1. The largest absolute Gasteiger partial charge is 0.485 e. The van der Waals surface area contributed by atoms with Crippen LogP contribution in [0, 0.1) is 0 Å². The van der Waals surface area contributed by atoms with Crippen molar-refractivity contribution in [3.8, 4) is 11.5 Å². The predicted molar refractivity (Wildman–Crippen MR) is 62.8 cm³/mol. The number of esters is 1. The van der Waals surface area contributed by atoms with E-state index in [2.05, 4.69) is 4.74 Å². The van der Waals surface area contributed by atoms with E-state index >= 15 is 0 Å². The summed E-state index contributed by atoms with van der Waals surface area (Å²) >= 11 is 0. The van der Waals surface area contributed by atoms with E-state index in [0.29, 0.717) is 17.9 Å². The van der Waals surface area contributed by atoms with Crippen LogP contribution in [0.2, 0.25) is 0 Å². The number of carbonyl (C=O) groups excluding carboxylic acids is 2. The molecule has 0 spiro atoms. The lowest BCUT2D eigenvalue weighted by Crippen LogP contribution is -2.37. The molecule has 0 saturated heterocycles. The zero-order valence-electron chi connectivity index (χ0n) is 10.3. The molecule has 18 heavy (non-hydrogen) atoms. The molecule has 5 heteroatoms. The Bertz CT molecular complexity index is 480. The number of hydrogen-bond donors (Lipinski definition) is 0. The first kappa shape index (κ1) is 12.4. The fourth-order valence-corrected chi connectivity index (χ4v) is 1.76. The van der Waals surface area contributed by atoms with Crippen molar-refractivity contribution in [2.24, 2.45) is 0 Å². The number of ether oxygens (including phenoxy) is 3. The van der Waals surface area contributed by atoms with E-state index in [4.69, 9.17) is 9.47 Å². The average Bonchev–Trinajstić information content (AvgIpc) is 2.36. The molecule has 0 N–H and O–H groups in total. The number of hydrogen-bond acceptors (Lipinski definition) is 5. The minimum atomic E-state index is -0.735. The number of Topliss-reactive ketones (excluding diaryl/α,β-unsaturated/α-hetero) is 1. The lowest BCUT2D eigenvalue weighted by molar-refractivity contribution is -0.151. The fourth-order valence-electron chi connectivity index (χ4n) is 1.76. The Labute approximate surface area is 105 Å². The maximum Gasteiger partial charge on any atom is 0.350 e. The number of carbonyl (C=O) groups is 2. The van der Waals surface area contributed by atoms with Gasteiger partial charge in [0.05, 0.1) is 7.11 Å². The van der Waals surface area contributed by atoms with E-state index in [1.54, 1.807) is 18.2 Å². The van der Waals surface area contributed by atoms with Gasteiger partial charge in [-0.05, 0) is 24.6 Å². The van der Waals surface area contributed by atoms with Crippen LogP contribution in [0.25, 0.3) is 0 Å². The third-order valence-electron chi connectivity index (χ3n) is 2.58. The molecule has 0 aromatic heterocycles. The van der Waals surface area contributed by atoms with Crippen LogP contribution in [0.15, 0.2) is 18.2 Å². The monoisotopic (exact) mass is 250 g/mol. The Morgan fingerprint density at radius 2 is 2.17 bits per heavy atom. The van der Waals surface area contributed by atoms with Crippen LogP contribution in [0.1, 0.15) is 12.5 Å². The van der Waals surface area contributed by atoms with Gasteiger partial charge < -0.3 is 14.2 Å². The number of fused-ring (bicyclic) bond motifs is 1. The smallest absolute Gasteiger partial charge is 0.350 e. The molecule has 1 aliphatic rings. The predicted octanol–water partition coefficient (Wildman–Crippen LogP) is 1.13. The second-order valence-electron chi connectivity index (χ2n) is 4.10. The second-order valence-corrected chi connectivity index (χ2v) is 4.10. The summed E-state index contributed by atoms with van der Waals surface area (Å²) < 4.78 is 15.5. The minimum Gasteiger partial charge on any atom is -0.485 e. The van der Waals surface area contributed by atoms with Gasteiger partial charge in [0.25, 0.3) is 0 Å². The average molecular weight is 250 g/mol. The van der Waals surface area contributed by atoms with E-state index in [0.717, 1.165) is 5.56 Å². The van der Waals surface area contributed by atoms with Crippen molar-refractivity contribution in [3.63, 3.8) is 0 Å². The molecule has 0 aliphatic carbocycles. The third-order valence-corrected chi connectivity index (χ3v) is 2.58. The van der Waals surface area contributed by atoms with Crippen molar-refractivity contribution < 1.29 is 23.8 Å². The van der Waals surface area contributed by atoms with Crippen LogP contribution in [-0.2, 0) is 20.7 Å². The Balaban J connectivity index is 2.15. The van der Waals surface area contributed by atoms with Crippen molar-refractivity contribution in [1.29, 1.82) is 0 Å². The molecule has 1 atom stereocenters. The summed E-state index contributed by atoms with van der Waals surface area (Å²) in [6.07, 6.45) is -0.377. The van der Waals surface area contributed by atoms with Crippen molar-refractivity contribution >= 4 is 11.8 Å². The lowest BCUT2D eigenvalue weighted by Gasteiger charge is -2.25. The fraction of sp³-hybridized carbons (Fsp3) is 0.385. The molecule has 0 amide bonds. The Hall–Kier alpha value is -2.04. The second kappa shape index (κ2) is 5.08. The van der Waals surface area contributed by atoms with E-state index < -0.39 is 12.1 Å². The van der Waals surface area contributed by atoms with E-state index in [9.17, 15) is 9.59 Å². The molecule has 0 bridgehead atoms. The lowest BCUT2D eigenvalue weighted by atomic mass is 10.1. The zero-order chi connectivity index (χ0) is 13.1. The molecular formula is C13H14O5. The summed E-state index contributed by atoms with van der Waals surface area (Å²) in [6, 6.07) is 5.23. The summed E-state index contributed by atoms with van der Waals surface area (Å²) in [7, 11) is 1.30. The molecule has 1 aromatic rings. The molecule has 1 heterocycles. The number of benzene rings is 1. The van der Waals surface area contributed by atoms with Gasteiger partial charge in [-0.15, -0.1) is 0 Å². The maximum absolute atomic E-state index is 11.3. The van der Waals surface area contributed by atoms with Crippen molar-refractivity contribution in [2.75, 3.05) is 13.7 Å². The third kappa shape index (κ3) is 2.61. The van der Waals surface area contributed by atoms with Gasteiger partial charge in [-0.2, -0.15) is 0 Å². The van der Waals surface area contributed by atoms with Crippen molar-refractivity contribution in [1.82, 2.24) is 0 Å². The van der Waals surface area contributed by atoms with Crippen LogP contribution in [0.4, 0.5) is 0 Å². The molecule has 1 aromatic carbocycles. The van der Waals surface area contributed by atoms with Gasteiger partial charge in [0.2, 0.25) is 6.10 Å². The van der Waals surface area contributed by atoms with Gasteiger partial charge in [-0.25, -0.2) is 4.79 Å².